The quantitative estimate of drug-likeness (QED) is 0.350. The molecule has 0 aliphatic rings. The fourth-order valence-electron chi connectivity index (χ4n) is 1.69. The second-order valence-corrected chi connectivity index (χ2v) is 5.97. The highest BCUT2D eigenvalue weighted by Gasteiger charge is 2.20. The second-order valence-electron chi connectivity index (χ2n) is 5.97. The molecule has 3 nitrogen and oxygen atoms in total. The van der Waals surface area contributed by atoms with Crippen LogP contribution in [0.15, 0.2) is 12.7 Å². The molecular weight excluding hydrogens is 226 g/mol. The summed E-state index contributed by atoms with van der Waals surface area (Å²) >= 11 is 0. The van der Waals surface area contributed by atoms with E-state index in [1.807, 2.05) is 6.08 Å². The van der Waals surface area contributed by atoms with Gasteiger partial charge in [-0.2, -0.15) is 0 Å². The minimum Gasteiger partial charge on any atom is -0.375 e. The molecule has 0 rings (SSSR count). The average Bonchev–Trinajstić information content (AvgIpc) is 2.23. The molecule has 0 atom stereocenters. The maximum atomic E-state index is 10.2. The van der Waals surface area contributed by atoms with Gasteiger partial charge in [0.05, 0.1) is 5.60 Å². The van der Waals surface area contributed by atoms with E-state index in [1.54, 1.807) is 0 Å². The van der Waals surface area contributed by atoms with Crippen molar-refractivity contribution in [1.29, 1.82) is 0 Å². The first-order chi connectivity index (χ1) is 8.33. The summed E-state index contributed by atoms with van der Waals surface area (Å²) in [4.78, 5) is 10.2. The summed E-state index contributed by atoms with van der Waals surface area (Å²) in [6.45, 7) is 13.8. The Bertz CT molecular complexity index is 247. The van der Waals surface area contributed by atoms with Gasteiger partial charge in [0, 0.05) is 18.6 Å². The third kappa shape index (κ3) is 9.37. The van der Waals surface area contributed by atoms with Crippen molar-refractivity contribution < 1.29 is 9.53 Å². The van der Waals surface area contributed by atoms with E-state index < -0.39 is 0 Å². The molecule has 0 amide bonds. The fraction of sp³-hybridized carbons (Fsp3) is 0.800. The Hall–Kier alpha value is -0.670. The monoisotopic (exact) mass is 255 g/mol. The van der Waals surface area contributed by atoms with Crippen molar-refractivity contribution in [2.45, 2.75) is 64.5 Å². The van der Waals surface area contributed by atoms with Crippen molar-refractivity contribution in [2.75, 3.05) is 13.2 Å². The third-order valence-electron chi connectivity index (χ3n) is 2.96. The van der Waals surface area contributed by atoms with Crippen LogP contribution in [0.2, 0.25) is 0 Å². The van der Waals surface area contributed by atoms with Gasteiger partial charge in [0.15, 0.2) is 0 Å². The molecule has 18 heavy (non-hydrogen) atoms. The smallest absolute Gasteiger partial charge is 0.120 e. The largest absolute Gasteiger partial charge is 0.375 e. The van der Waals surface area contributed by atoms with Gasteiger partial charge in [0.1, 0.15) is 6.29 Å². The molecule has 0 aromatic carbocycles. The van der Waals surface area contributed by atoms with Gasteiger partial charge in [0.25, 0.3) is 0 Å². The Morgan fingerprint density at radius 3 is 2.50 bits per heavy atom. The number of hydrogen-bond donors (Lipinski definition) is 1. The highest BCUT2D eigenvalue weighted by Crippen LogP contribution is 2.17. The van der Waals surface area contributed by atoms with E-state index >= 15 is 0 Å². The fourth-order valence-corrected chi connectivity index (χ4v) is 1.69. The molecule has 0 aliphatic heterocycles. The van der Waals surface area contributed by atoms with Crippen molar-refractivity contribution in [3.8, 4) is 0 Å². The van der Waals surface area contributed by atoms with Crippen LogP contribution >= 0.6 is 0 Å². The van der Waals surface area contributed by atoms with Crippen molar-refractivity contribution in [1.82, 2.24) is 5.32 Å². The summed E-state index contributed by atoms with van der Waals surface area (Å²) < 4.78 is 5.87. The highest BCUT2D eigenvalue weighted by molar-refractivity contribution is 5.48. The van der Waals surface area contributed by atoms with E-state index in [-0.39, 0.29) is 11.1 Å². The topological polar surface area (TPSA) is 38.3 Å². The normalized spacial score (nSPS) is 12.4. The van der Waals surface area contributed by atoms with Crippen LogP contribution < -0.4 is 5.32 Å². The highest BCUT2D eigenvalue weighted by atomic mass is 16.5. The Kier molecular flexibility index (Phi) is 8.12. The number of aldehydes is 1. The lowest BCUT2D eigenvalue weighted by molar-refractivity contribution is -0.107. The maximum absolute atomic E-state index is 10.2. The zero-order valence-corrected chi connectivity index (χ0v) is 12.4. The SMILES string of the molecule is C=CCC(C)(C)OCCC(C)(C)NCCCC=O. The van der Waals surface area contributed by atoms with Crippen LogP contribution in [-0.2, 0) is 9.53 Å². The lowest BCUT2D eigenvalue weighted by Crippen LogP contribution is -2.41. The van der Waals surface area contributed by atoms with Gasteiger partial charge < -0.3 is 14.8 Å². The number of nitrogens with one attached hydrogen (secondary N) is 1. The van der Waals surface area contributed by atoms with E-state index in [0.29, 0.717) is 6.42 Å². The maximum Gasteiger partial charge on any atom is 0.120 e. The van der Waals surface area contributed by atoms with Gasteiger partial charge in [-0.3, -0.25) is 0 Å². The zero-order valence-electron chi connectivity index (χ0n) is 12.4. The van der Waals surface area contributed by atoms with Gasteiger partial charge in [-0.1, -0.05) is 6.08 Å². The third-order valence-corrected chi connectivity index (χ3v) is 2.96. The van der Waals surface area contributed by atoms with E-state index in [2.05, 4.69) is 39.6 Å². The molecule has 0 saturated carbocycles. The summed E-state index contributed by atoms with van der Waals surface area (Å²) in [6.07, 6.45) is 6.20. The molecule has 0 unspecified atom stereocenters. The van der Waals surface area contributed by atoms with E-state index in [9.17, 15) is 4.79 Å². The first-order valence-electron chi connectivity index (χ1n) is 6.76. The number of carbonyl (C=O) groups excluding carboxylic acids is 1. The number of carbonyl (C=O) groups is 1. The van der Waals surface area contributed by atoms with Gasteiger partial charge in [-0.05, 0) is 53.5 Å². The van der Waals surface area contributed by atoms with E-state index in [4.69, 9.17) is 4.74 Å². The Morgan fingerprint density at radius 1 is 1.28 bits per heavy atom. The minimum atomic E-state index is -0.130. The van der Waals surface area contributed by atoms with Crippen LogP contribution in [0, 0.1) is 0 Å². The Labute approximate surface area is 112 Å². The number of rotatable bonds is 11. The molecule has 0 aromatic rings. The lowest BCUT2D eigenvalue weighted by Gasteiger charge is -2.30. The molecule has 0 saturated heterocycles. The molecule has 0 spiro atoms. The average molecular weight is 255 g/mol. The summed E-state index contributed by atoms with van der Waals surface area (Å²) in [7, 11) is 0. The van der Waals surface area contributed by atoms with Crippen molar-refractivity contribution in [2.24, 2.45) is 0 Å². The van der Waals surface area contributed by atoms with E-state index in [0.717, 1.165) is 38.7 Å². The first kappa shape index (κ1) is 17.3. The van der Waals surface area contributed by atoms with Crippen LogP contribution in [0.25, 0.3) is 0 Å². The van der Waals surface area contributed by atoms with Crippen LogP contribution in [0.5, 0.6) is 0 Å². The van der Waals surface area contributed by atoms with Crippen LogP contribution in [0.1, 0.15) is 53.4 Å². The molecule has 1 N–H and O–H groups in total. The van der Waals surface area contributed by atoms with Gasteiger partial charge in [-0.25, -0.2) is 0 Å². The van der Waals surface area contributed by atoms with Crippen molar-refractivity contribution in [3.05, 3.63) is 12.7 Å². The molecule has 0 fully saturated rings. The molecular formula is C15H29NO2. The molecule has 0 radical (unpaired) electrons. The summed E-state index contributed by atoms with van der Waals surface area (Å²) in [6, 6.07) is 0. The molecule has 0 aromatic heterocycles. The summed E-state index contributed by atoms with van der Waals surface area (Å²) in [5.41, 5.74) is -0.0809. The summed E-state index contributed by atoms with van der Waals surface area (Å²) in [5.74, 6) is 0. The number of unbranched alkanes of at least 4 members (excludes halogenated alkanes) is 1. The number of hydrogen-bond acceptors (Lipinski definition) is 3. The van der Waals surface area contributed by atoms with Gasteiger partial charge >= 0.3 is 0 Å². The predicted octanol–water partition coefficient (Wildman–Crippen LogP) is 3.10. The zero-order chi connectivity index (χ0) is 14.1. The molecule has 3 heteroatoms. The van der Waals surface area contributed by atoms with Crippen LogP contribution in [-0.4, -0.2) is 30.6 Å². The molecule has 0 aliphatic carbocycles. The minimum absolute atomic E-state index is 0.0488. The summed E-state index contributed by atoms with van der Waals surface area (Å²) in [5, 5.41) is 3.45. The predicted molar refractivity (Wildman–Crippen MR) is 76.8 cm³/mol. The number of ether oxygens (including phenoxy) is 1. The Balaban J connectivity index is 3.81. The second kappa shape index (κ2) is 8.44. The van der Waals surface area contributed by atoms with Crippen LogP contribution in [0.3, 0.4) is 0 Å². The molecule has 106 valence electrons. The Morgan fingerprint density at radius 2 is 1.94 bits per heavy atom. The van der Waals surface area contributed by atoms with Crippen molar-refractivity contribution >= 4 is 6.29 Å². The standard InChI is InChI=1S/C15H29NO2/c1-6-9-15(4,5)18-13-10-14(2,3)16-11-7-8-12-17/h6,12,16H,1,7-11,13H2,2-5H3. The van der Waals surface area contributed by atoms with Gasteiger partial charge in [0.2, 0.25) is 0 Å². The molecule has 0 bridgehead atoms. The molecule has 0 heterocycles. The van der Waals surface area contributed by atoms with Gasteiger partial charge in [-0.15, -0.1) is 6.58 Å². The first-order valence-corrected chi connectivity index (χ1v) is 6.76. The van der Waals surface area contributed by atoms with Crippen molar-refractivity contribution in [3.63, 3.8) is 0 Å². The van der Waals surface area contributed by atoms with E-state index in [1.165, 1.54) is 0 Å². The lowest BCUT2D eigenvalue weighted by atomic mass is 10.0. The van der Waals surface area contributed by atoms with Crippen LogP contribution in [0.4, 0.5) is 0 Å².